The fourth-order valence-electron chi connectivity index (χ4n) is 3.41. The molecule has 3 aromatic carbocycles. The van der Waals surface area contributed by atoms with Crippen LogP contribution in [0.5, 0.6) is 0 Å². The fourth-order valence-corrected chi connectivity index (χ4v) is 3.41. The Morgan fingerprint density at radius 1 is 0.903 bits per heavy atom. The van der Waals surface area contributed by atoms with Gasteiger partial charge in [-0.05, 0) is 66.6 Å². The molecule has 1 aliphatic heterocycles. The lowest BCUT2D eigenvalue weighted by atomic mass is 9.91. The van der Waals surface area contributed by atoms with Crippen LogP contribution >= 0.6 is 0 Å². The van der Waals surface area contributed by atoms with Crippen LogP contribution in [0.4, 0.5) is 10.1 Å². The van der Waals surface area contributed by atoms with Crippen molar-refractivity contribution in [2.75, 3.05) is 11.5 Å². The van der Waals surface area contributed by atoms with Crippen molar-refractivity contribution in [3.8, 4) is 0 Å². The molecule has 0 bridgehead atoms. The largest absolute Gasteiger partial charge is 0.462 e. The quantitative estimate of drug-likeness (QED) is 0.351. The van der Waals surface area contributed by atoms with E-state index in [-0.39, 0.29) is 12.4 Å². The van der Waals surface area contributed by atoms with Crippen LogP contribution in [0.15, 0.2) is 72.8 Å². The highest BCUT2D eigenvalue weighted by Crippen LogP contribution is 2.33. The third-order valence-corrected chi connectivity index (χ3v) is 4.90. The summed E-state index contributed by atoms with van der Waals surface area (Å²) in [5.41, 5.74) is 2.50. The highest BCUT2D eigenvalue weighted by molar-refractivity contribution is 6.43. The molecule has 0 radical (unpaired) electrons. The molecule has 0 spiro atoms. The molecule has 0 saturated heterocycles. The van der Waals surface area contributed by atoms with E-state index in [2.05, 4.69) is 0 Å². The molecule has 5 nitrogen and oxygen atoms in total. The number of benzene rings is 3. The van der Waals surface area contributed by atoms with E-state index in [9.17, 15) is 18.8 Å². The maximum absolute atomic E-state index is 13.4. The normalized spacial score (nSPS) is 14.5. The first-order valence-electron chi connectivity index (χ1n) is 9.72. The number of amides is 2. The van der Waals surface area contributed by atoms with Crippen molar-refractivity contribution in [1.29, 1.82) is 0 Å². The first-order valence-corrected chi connectivity index (χ1v) is 9.72. The van der Waals surface area contributed by atoms with Crippen LogP contribution < -0.4 is 4.90 Å². The molecule has 4 rings (SSSR count). The van der Waals surface area contributed by atoms with Gasteiger partial charge < -0.3 is 4.74 Å². The van der Waals surface area contributed by atoms with Gasteiger partial charge in [0, 0.05) is 11.1 Å². The van der Waals surface area contributed by atoms with E-state index in [0.717, 1.165) is 4.90 Å². The molecule has 1 heterocycles. The van der Waals surface area contributed by atoms with Gasteiger partial charge in [-0.2, -0.15) is 0 Å². The second kappa shape index (κ2) is 8.36. The summed E-state index contributed by atoms with van der Waals surface area (Å²) in [4.78, 5) is 39.5. The number of rotatable bonds is 4. The fraction of sp³-hybridized carbons (Fsp3) is 0.0800. The Labute approximate surface area is 178 Å². The number of carbonyl (C=O) groups is 3. The number of halogens is 1. The topological polar surface area (TPSA) is 63.7 Å². The monoisotopic (exact) mass is 415 g/mol. The van der Waals surface area contributed by atoms with Crippen molar-refractivity contribution in [2.24, 2.45) is 0 Å². The van der Waals surface area contributed by atoms with Gasteiger partial charge in [0.05, 0.1) is 17.9 Å². The summed E-state index contributed by atoms with van der Waals surface area (Å²) < 4.78 is 18.3. The molecule has 1 aliphatic rings. The Kier molecular flexibility index (Phi) is 5.45. The van der Waals surface area contributed by atoms with E-state index in [1.807, 2.05) is 0 Å². The van der Waals surface area contributed by atoms with Gasteiger partial charge in [-0.3, -0.25) is 9.59 Å². The van der Waals surface area contributed by atoms with Crippen molar-refractivity contribution in [3.63, 3.8) is 0 Å². The van der Waals surface area contributed by atoms with Crippen molar-refractivity contribution in [3.05, 3.63) is 101 Å². The molecule has 2 amide bonds. The minimum absolute atomic E-state index is 0.248. The van der Waals surface area contributed by atoms with Crippen LogP contribution in [-0.4, -0.2) is 24.4 Å². The Hall–Kier alpha value is -4.06. The molecule has 0 fully saturated rings. The number of anilines is 1. The van der Waals surface area contributed by atoms with E-state index in [0.29, 0.717) is 33.5 Å². The molecule has 0 unspecified atom stereocenters. The lowest BCUT2D eigenvalue weighted by molar-refractivity contribution is -0.112. The Balaban J connectivity index is 1.78. The Morgan fingerprint density at radius 3 is 2.19 bits per heavy atom. The van der Waals surface area contributed by atoms with Gasteiger partial charge >= 0.3 is 5.97 Å². The third kappa shape index (κ3) is 3.88. The number of hydrogen-bond donors (Lipinski definition) is 0. The molecule has 6 heteroatoms. The molecule has 0 aromatic heterocycles. The number of esters is 1. The number of imide groups is 1. The van der Waals surface area contributed by atoms with Crippen molar-refractivity contribution in [1.82, 2.24) is 0 Å². The van der Waals surface area contributed by atoms with Gasteiger partial charge in [0.1, 0.15) is 5.82 Å². The second-order valence-electron chi connectivity index (χ2n) is 6.87. The predicted octanol–water partition coefficient (Wildman–Crippen LogP) is 4.73. The SMILES string of the molecule is CCOC(=O)c1ccc(N2C(=O)/C(=C\c3ccc(F)cc3)c3ccccc3C2=O)cc1. The van der Waals surface area contributed by atoms with Gasteiger partial charge in [0.25, 0.3) is 11.8 Å². The predicted molar refractivity (Wildman–Crippen MR) is 115 cm³/mol. The molecule has 0 atom stereocenters. The minimum atomic E-state index is -0.503. The maximum Gasteiger partial charge on any atom is 0.338 e. The summed E-state index contributed by atoms with van der Waals surface area (Å²) in [7, 11) is 0. The van der Waals surface area contributed by atoms with E-state index in [4.69, 9.17) is 4.74 Å². The van der Waals surface area contributed by atoms with E-state index in [1.54, 1.807) is 49.4 Å². The number of fused-ring (bicyclic) bond motifs is 1. The Morgan fingerprint density at radius 2 is 1.55 bits per heavy atom. The van der Waals surface area contributed by atoms with Crippen molar-refractivity contribution >= 4 is 35.1 Å². The molecule has 3 aromatic rings. The van der Waals surface area contributed by atoms with Crippen LogP contribution in [0.3, 0.4) is 0 Å². The summed E-state index contributed by atoms with van der Waals surface area (Å²) in [5.74, 6) is -1.82. The molecule has 0 aliphatic carbocycles. The lowest BCUT2D eigenvalue weighted by Crippen LogP contribution is -2.41. The van der Waals surface area contributed by atoms with Crippen molar-refractivity contribution < 1.29 is 23.5 Å². The molecule has 154 valence electrons. The van der Waals surface area contributed by atoms with Gasteiger partial charge in [-0.15, -0.1) is 0 Å². The van der Waals surface area contributed by atoms with E-state index in [1.165, 1.54) is 36.4 Å². The number of nitrogens with zero attached hydrogens (tertiary/aromatic N) is 1. The zero-order chi connectivity index (χ0) is 22.0. The summed E-state index contributed by atoms with van der Waals surface area (Å²) in [5, 5.41) is 0. The average Bonchev–Trinajstić information content (AvgIpc) is 2.78. The average molecular weight is 415 g/mol. The molecular formula is C25H18FNO4. The van der Waals surface area contributed by atoms with Crippen LogP contribution in [-0.2, 0) is 9.53 Å². The first kappa shape index (κ1) is 20.2. The Bertz CT molecular complexity index is 1200. The summed E-state index contributed by atoms with van der Waals surface area (Å²) >= 11 is 0. The number of ether oxygens (including phenoxy) is 1. The lowest BCUT2D eigenvalue weighted by Gasteiger charge is -2.28. The molecular weight excluding hydrogens is 397 g/mol. The summed E-state index contributed by atoms with van der Waals surface area (Å²) in [6.45, 7) is 1.96. The highest BCUT2D eigenvalue weighted by atomic mass is 19.1. The smallest absolute Gasteiger partial charge is 0.338 e. The van der Waals surface area contributed by atoms with Gasteiger partial charge in [-0.1, -0.05) is 30.3 Å². The molecule has 0 saturated carbocycles. The third-order valence-electron chi connectivity index (χ3n) is 4.90. The standard InChI is InChI=1S/C25H18FNO4/c1-2-31-25(30)17-9-13-19(14-10-17)27-23(28)21-6-4-3-5-20(21)22(24(27)29)15-16-7-11-18(26)12-8-16/h3-15H,2H2,1H3/b22-15-. The zero-order valence-electron chi connectivity index (χ0n) is 16.7. The van der Waals surface area contributed by atoms with Crippen LogP contribution in [0, 0.1) is 5.82 Å². The van der Waals surface area contributed by atoms with Gasteiger partial charge in [-0.25, -0.2) is 14.1 Å². The van der Waals surface area contributed by atoms with Gasteiger partial charge in [0.2, 0.25) is 0 Å². The molecule has 0 N–H and O–H groups in total. The minimum Gasteiger partial charge on any atom is -0.462 e. The molecule has 31 heavy (non-hydrogen) atoms. The summed E-state index contributed by atoms with van der Waals surface area (Å²) in [6.07, 6.45) is 1.63. The summed E-state index contributed by atoms with van der Waals surface area (Å²) in [6, 6.07) is 18.7. The van der Waals surface area contributed by atoms with Crippen LogP contribution in [0.1, 0.15) is 38.8 Å². The van der Waals surface area contributed by atoms with Crippen molar-refractivity contribution in [2.45, 2.75) is 6.92 Å². The maximum atomic E-state index is 13.4. The van der Waals surface area contributed by atoms with E-state index < -0.39 is 17.8 Å². The van der Waals surface area contributed by atoms with Crippen LogP contribution in [0.2, 0.25) is 0 Å². The van der Waals surface area contributed by atoms with Crippen LogP contribution in [0.25, 0.3) is 11.6 Å². The van der Waals surface area contributed by atoms with Gasteiger partial charge in [0.15, 0.2) is 0 Å². The first-order chi connectivity index (χ1) is 15.0. The number of hydrogen-bond acceptors (Lipinski definition) is 4. The highest BCUT2D eigenvalue weighted by Gasteiger charge is 2.35. The second-order valence-corrected chi connectivity index (χ2v) is 6.87. The van der Waals surface area contributed by atoms with E-state index >= 15 is 0 Å². The number of carbonyl (C=O) groups excluding carboxylic acids is 3. The zero-order valence-corrected chi connectivity index (χ0v) is 16.7.